The van der Waals surface area contributed by atoms with Crippen LogP contribution in [0.2, 0.25) is 0 Å². The monoisotopic (exact) mass is 400 g/mol. The smallest absolute Gasteiger partial charge is 0.305 e. The van der Waals surface area contributed by atoms with Gasteiger partial charge in [-0.3, -0.25) is 9.59 Å². The molecule has 5 rings (SSSR count). The summed E-state index contributed by atoms with van der Waals surface area (Å²) in [5, 5.41) is 0. The van der Waals surface area contributed by atoms with Crippen molar-refractivity contribution in [1.29, 1.82) is 0 Å². The number of ketones is 1. The molecule has 4 aliphatic carbocycles. The van der Waals surface area contributed by atoms with E-state index in [2.05, 4.69) is 20.8 Å². The molecule has 2 fully saturated rings. The molecule has 0 radical (unpaired) electrons. The lowest BCUT2D eigenvalue weighted by atomic mass is 9.48. The summed E-state index contributed by atoms with van der Waals surface area (Å²) >= 11 is 1.89. The number of ether oxygens (including phenoxy) is 1. The number of esters is 1. The second-order valence-corrected chi connectivity index (χ2v) is 11.5. The average Bonchev–Trinajstić information content (AvgIpc) is 3.17. The lowest BCUT2D eigenvalue weighted by Gasteiger charge is -2.57. The molecule has 4 aliphatic rings. The fourth-order valence-electron chi connectivity index (χ4n) is 7.64. The van der Waals surface area contributed by atoms with Gasteiger partial charge in [0.25, 0.3) is 0 Å². The van der Waals surface area contributed by atoms with Crippen molar-refractivity contribution < 1.29 is 14.3 Å². The van der Waals surface area contributed by atoms with E-state index in [9.17, 15) is 9.59 Å². The Balaban J connectivity index is 1.53. The highest BCUT2D eigenvalue weighted by Crippen LogP contribution is 2.65. The van der Waals surface area contributed by atoms with E-state index in [1.54, 1.807) is 0 Å². The summed E-state index contributed by atoms with van der Waals surface area (Å²) in [6.45, 7) is 8.88. The summed E-state index contributed by atoms with van der Waals surface area (Å²) in [6.07, 6.45) is 7.97. The summed E-state index contributed by atoms with van der Waals surface area (Å²) in [5.41, 5.74) is 2.80. The van der Waals surface area contributed by atoms with Gasteiger partial charge >= 0.3 is 5.97 Å². The molecule has 0 aliphatic heterocycles. The molecule has 0 aromatic carbocycles. The van der Waals surface area contributed by atoms with E-state index in [1.807, 2.05) is 18.3 Å². The van der Waals surface area contributed by atoms with Gasteiger partial charge in [0.05, 0.1) is 0 Å². The highest BCUT2D eigenvalue weighted by molar-refractivity contribution is 7.12. The van der Waals surface area contributed by atoms with Crippen molar-refractivity contribution in [3.05, 3.63) is 20.9 Å². The van der Waals surface area contributed by atoms with E-state index >= 15 is 0 Å². The first kappa shape index (κ1) is 18.8. The fourth-order valence-corrected chi connectivity index (χ4v) is 9.05. The molecule has 0 spiro atoms. The maximum Gasteiger partial charge on any atom is 0.305 e. The summed E-state index contributed by atoms with van der Waals surface area (Å²) < 4.78 is 5.93. The van der Waals surface area contributed by atoms with Crippen LogP contribution in [0.15, 0.2) is 0 Å². The third-order valence-electron chi connectivity index (χ3n) is 9.03. The van der Waals surface area contributed by atoms with Gasteiger partial charge in [-0.2, -0.15) is 0 Å². The standard InChI is InChI=1S/C24H32O3S/c1-5-20(26)27-19-7-6-15-14-12-18-22-21(13(2)28-18)17(25)9-11-24(22,4)16(14)8-10-23(15,19)3/h14-16,19H,5-12H2,1-4H3/t14-,15-,16-,19-,23-,24+/m0/s1. The SMILES string of the molecule is CCC(=O)O[C@H]1CC[C@H]2[C@@H]3Cc4sc(C)c5c4[C@](C)(CCC5=O)[C@H]3CC[C@]12C. The Morgan fingerprint density at radius 2 is 1.96 bits per heavy atom. The third kappa shape index (κ3) is 2.33. The van der Waals surface area contributed by atoms with Gasteiger partial charge in [-0.15, -0.1) is 11.3 Å². The van der Waals surface area contributed by atoms with Crippen molar-refractivity contribution >= 4 is 23.1 Å². The van der Waals surface area contributed by atoms with Gasteiger partial charge in [0.15, 0.2) is 5.78 Å². The molecule has 0 saturated heterocycles. The quantitative estimate of drug-likeness (QED) is 0.606. The number of carbonyl (C=O) groups is 2. The highest BCUT2D eigenvalue weighted by Gasteiger charge is 2.61. The number of thiophene rings is 1. The number of rotatable bonds is 2. The van der Waals surface area contributed by atoms with Crippen LogP contribution in [0.1, 0.15) is 91.4 Å². The zero-order valence-electron chi connectivity index (χ0n) is 17.6. The van der Waals surface area contributed by atoms with Crippen LogP contribution >= 0.6 is 11.3 Å². The summed E-state index contributed by atoms with van der Waals surface area (Å²) in [5.74, 6) is 2.30. The number of Topliss-reactive ketones (excluding diaryl/α,β-unsaturated/α-hetero) is 1. The van der Waals surface area contributed by atoms with Crippen LogP contribution in [0.3, 0.4) is 0 Å². The maximum atomic E-state index is 12.7. The zero-order chi connectivity index (χ0) is 19.8. The van der Waals surface area contributed by atoms with E-state index < -0.39 is 0 Å². The fraction of sp³-hybridized carbons (Fsp3) is 0.750. The predicted molar refractivity (Wildman–Crippen MR) is 111 cm³/mol. The van der Waals surface area contributed by atoms with Gasteiger partial charge in [0.1, 0.15) is 6.10 Å². The largest absolute Gasteiger partial charge is 0.462 e. The minimum Gasteiger partial charge on any atom is -0.462 e. The molecule has 1 aromatic rings. The Labute approximate surface area is 172 Å². The average molecular weight is 401 g/mol. The summed E-state index contributed by atoms with van der Waals surface area (Å²) in [4.78, 5) is 27.4. The molecule has 4 heteroatoms. The van der Waals surface area contributed by atoms with Crippen LogP contribution in [0, 0.1) is 30.1 Å². The lowest BCUT2D eigenvalue weighted by Crippen LogP contribution is -2.53. The summed E-state index contributed by atoms with van der Waals surface area (Å²) in [7, 11) is 0. The molecule has 0 bridgehead atoms. The van der Waals surface area contributed by atoms with Crippen LogP contribution in [-0.2, 0) is 21.4 Å². The summed E-state index contributed by atoms with van der Waals surface area (Å²) in [6, 6.07) is 0. The number of hydrogen-bond acceptors (Lipinski definition) is 4. The van der Waals surface area contributed by atoms with Gasteiger partial charge in [-0.25, -0.2) is 0 Å². The molecule has 3 nitrogen and oxygen atoms in total. The van der Waals surface area contributed by atoms with E-state index in [0.29, 0.717) is 36.4 Å². The number of carbonyl (C=O) groups excluding carboxylic acids is 2. The minimum atomic E-state index is -0.0452. The molecular formula is C24H32O3S. The number of hydrogen-bond donors (Lipinski definition) is 0. The van der Waals surface area contributed by atoms with Gasteiger partial charge in [0.2, 0.25) is 0 Å². The Morgan fingerprint density at radius 1 is 1.18 bits per heavy atom. The Kier molecular flexibility index (Phi) is 4.15. The van der Waals surface area contributed by atoms with E-state index in [4.69, 9.17) is 4.74 Å². The van der Waals surface area contributed by atoms with Gasteiger partial charge in [-0.05, 0) is 74.2 Å². The first-order valence-corrected chi connectivity index (χ1v) is 12.0. The van der Waals surface area contributed by atoms with Gasteiger partial charge < -0.3 is 4.74 Å². The van der Waals surface area contributed by atoms with E-state index in [0.717, 1.165) is 31.2 Å². The van der Waals surface area contributed by atoms with Gasteiger partial charge in [0, 0.05) is 33.6 Å². The second kappa shape index (κ2) is 6.17. The molecule has 1 heterocycles. The first-order chi connectivity index (χ1) is 13.3. The molecular weight excluding hydrogens is 368 g/mol. The van der Waals surface area contributed by atoms with Crippen LogP contribution in [0.4, 0.5) is 0 Å². The van der Waals surface area contributed by atoms with Crippen molar-refractivity contribution in [2.75, 3.05) is 0 Å². The molecule has 0 unspecified atom stereocenters. The van der Waals surface area contributed by atoms with Crippen molar-refractivity contribution in [2.24, 2.45) is 23.2 Å². The van der Waals surface area contributed by atoms with Crippen LogP contribution in [-0.4, -0.2) is 17.9 Å². The minimum absolute atomic E-state index is 0.0452. The van der Waals surface area contributed by atoms with E-state index in [1.165, 1.54) is 28.2 Å². The Morgan fingerprint density at radius 3 is 2.71 bits per heavy atom. The molecule has 1 aromatic heterocycles. The molecule has 6 atom stereocenters. The molecule has 0 amide bonds. The maximum absolute atomic E-state index is 12.7. The van der Waals surface area contributed by atoms with Crippen LogP contribution in [0.5, 0.6) is 0 Å². The Bertz CT molecular complexity index is 854. The number of fused-ring (bicyclic) bond motifs is 4. The molecule has 152 valence electrons. The van der Waals surface area contributed by atoms with Crippen molar-refractivity contribution in [2.45, 2.75) is 90.6 Å². The normalized spacial score (nSPS) is 41.2. The topological polar surface area (TPSA) is 43.4 Å². The third-order valence-corrected chi connectivity index (χ3v) is 10.2. The predicted octanol–water partition coefficient (Wildman–Crippen LogP) is 5.61. The van der Waals surface area contributed by atoms with E-state index in [-0.39, 0.29) is 22.9 Å². The highest BCUT2D eigenvalue weighted by atomic mass is 32.1. The zero-order valence-corrected chi connectivity index (χ0v) is 18.4. The first-order valence-electron chi connectivity index (χ1n) is 11.1. The van der Waals surface area contributed by atoms with Gasteiger partial charge in [-0.1, -0.05) is 20.8 Å². The Hall–Kier alpha value is -1.16. The lowest BCUT2D eigenvalue weighted by molar-refractivity contribution is -0.158. The van der Waals surface area contributed by atoms with Crippen molar-refractivity contribution in [3.8, 4) is 0 Å². The molecule has 2 saturated carbocycles. The molecule has 28 heavy (non-hydrogen) atoms. The second-order valence-electron chi connectivity index (χ2n) is 10.2. The molecule has 0 N–H and O–H groups in total. The van der Waals surface area contributed by atoms with Crippen molar-refractivity contribution in [1.82, 2.24) is 0 Å². The van der Waals surface area contributed by atoms with Crippen molar-refractivity contribution in [3.63, 3.8) is 0 Å². The van der Waals surface area contributed by atoms with Crippen LogP contribution < -0.4 is 0 Å². The van der Waals surface area contributed by atoms with Crippen LogP contribution in [0.25, 0.3) is 0 Å². The number of aryl methyl sites for hydroxylation is 1.